The third-order valence-corrected chi connectivity index (χ3v) is 7.68. The van der Waals surface area contributed by atoms with E-state index >= 15 is 0 Å². The highest BCUT2D eigenvalue weighted by molar-refractivity contribution is 6.06. The molecule has 206 valence electrons. The first-order chi connectivity index (χ1) is 19.2. The topological polar surface area (TPSA) is 127 Å². The van der Waals surface area contributed by atoms with Crippen molar-refractivity contribution in [2.24, 2.45) is 12.5 Å². The highest BCUT2D eigenvalue weighted by atomic mass is 16.5. The van der Waals surface area contributed by atoms with Gasteiger partial charge in [0.2, 0.25) is 5.88 Å². The van der Waals surface area contributed by atoms with Gasteiger partial charge in [0.1, 0.15) is 17.2 Å². The van der Waals surface area contributed by atoms with Gasteiger partial charge in [-0.25, -0.2) is 4.98 Å². The van der Waals surface area contributed by atoms with Crippen molar-refractivity contribution in [2.45, 2.75) is 39.8 Å². The van der Waals surface area contributed by atoms with E-state index in [-0.39, 0.29) is 29.2 Å². The van der Waals surface area contributed by atoms with Crippen LogP contribution in [0, 0.1) is 5.41 Å². The zero-order valence-electron chi connectivity index (χ0n) is 22.9. The molecular formula is C29H31N7O4. The largest absolute Gasteiger partial charge is 0.480 e. The Morgan fingerprint density at radius 2 is 1.93 bits per heavy atom. The number of hydrogen-bond acceptors (Lipinski definition) is 8. The molecule has 1 amide bonds. The summed E-state index contributed by atoms with van der Waals surface area (Å²) in [5.41, 5.74) is 5.24. The predicted octanol–water partition coefficient (Wildman–Crippen LogP) is 3.07. The van der Waals surface area contributed by atoms with Crippen LogP contribution in [0.1, 0.15) is 41.2 Å². The number of fused-ring (bicyclic) bond motifs is 3. The van der Waals surface area contributed by atoms with Gasteiger partial charge in [-0.05, 0) is 53.6 Å². The number of carbonyl (C=O) groups excluding carboxylic acids is 1. The molecule has 2 N–H and O–H groups in total. The van der Waals surface area contributed by atoms with Crippen molar-refractivity contribution in [1.29, 1.82) is 0 Å². The molecule has 0 saturated heterocycles. The van der Waals surface area contributed by atoms with Gasteiger partial charge in [0, 0.05) is 55.4 Å². The summed E-state index contributed by atoms with van der Waals surface area (Å²) in [6, 6.07) is 8.80. The van der Waals surface area contributed by atoms with Gasteiger partial charge in [-0.2, -0.15) is 0 Å². The second-order valence-corrected chi connectivity index (χ2v) is 11.1. The summed E-state index contributed by atoms with van der Waals surface area (Å²) >= 11 is 0. The van der Waals surface area contributed by atoms with Gasteiger partial charge in [-0.3, -0.25) is 14.5 Å². The van der Waals surface area contributed by atoms with E-state index in [0.29, 0.717) is 53.0 Å². The number of nitrogens with one attached hydrogen (secondary N) is 1. The minimum Gasteiger partial charge on any atom is -0.480 e. The van der Waals surface area contributed by atoms with E-state index in [0.717, 1.165) is 12.8 Å². The quantitative estimate of drug-likeness (QED) is 0.381. The maximum Gasteiger partial charge on any atom is 0.276 e. The van der Waals surface area contributed by atoms with Crippen LogP contribution in [0.3, 0.4) is 0 Å². The molecule has 0 spiro atoms. The number of methoxy groups -OCH3 is 1. The summed E-state index contributed by atoms with van der Waals surface area (Å²) in [6.45, 7) is 5.30. The fourth-order valence-electron chi connectivity index (χ4n) is 5.84. The van der Waals surface area contributed by atoms with Crippen LogP contribution in [-0.2, 0) is 33.0 Å². The Hall–Kier alpha value is -4.51. The molecule has 11 nitrogen and oxygen atoms in total. The fourth-order valence-corrected chi connectivity index (χ4v) is 5.84. The lowest BCUT2D eigenvalue weighted by Crippen LogP contribution is -2.41. The maximum atomic E-state index is 13.7. The van der Waals surface area contributed by atoms with Crippen molar-refractivity contribution >= 4 is 23.2 Å². The van der Waals surface area contributed by atoms with Gasteiger partial charge in [-0.15, -0.1) is 10.2 Å². The Labute approximate surface area is 231 Å². The number of aliphatic hydroxyl groups is 1. The molecule has 0 fully saturated rings. The van der Waals surface area contributed by atoms with Crippen molar-refractivity contribution in [3.05, 3.63) is 75.6 Å². The summed E-state index contributed by atoms with van der Waals surface area (Å²) in [4.78, 5) is 32.8. The molecule has 0 radical (unpaired) electrons. The zero-order chi connectivity index (χ0) is 28.2. The number of amides is 1. The predicted molar refractivity (Wildman–Crippen MR) is 150 cm³/mol. The molecule has 2 aliphatic rings. The van der Waals surface area contributed by atoms with E-state index in [1.165, 1.54) is 22.9 Å². The molecule has 0 saturated carbocycles. The molecule has 0 atom stereocenters. The summed E-state index contributed by atoms with van der Waals surface area (Å²) in [5.74, 6) is 1.03. The average molecular weight is 542 g/mol. The van der Waals surface area contributed by atoms with Gasteiger partial charge in [0.15, 0.2) is 5.82 Å². The smallest absolute Gasteiger partial charge is 0.276 e. The van der Waals surface area contributed by atoms with Gasteiger partial charge in [0.25, 0.3) is 11.5 Å². The van der Waals surface area contributed by atoms with Crippen LogP contribution >= 0.6 is 0 Å². The highest BCUT2D eigenvalue weighted by Gasteiger charge is 2.37. The van der Waals surface area contributed by atoms with E-state index in [2.05, 4.69) is 38.9 Å². The van der Waals surface area contributed by atoms with Crippen LogP contribution in [0.2, 0.25) is 0 Å². The Balaban J connectivity index is 1.36. The van der Waals surface area contributed by atoms with E-state index in [1.807, 2.05) is 6.07 Å². The highest BCUT2D eigenvalue weighted by Crippen LogP contribution is 2.40. The molecule has 6 rings (SSSR count). The van der Waals surface area contributed by atoms with Gasteiger partial charge in [0.05, 0.1) is 13.7 Å². The number of anilines is 3. The lowest BCUT2D eigenvalue weighted by molar-refractivity contribution is 0.0962. The second-order valence-electron chi connectivity index (χ2n) is 11.1. The SMILES string of the molecule is COc1ccc(Nc2cc(-c3ccnc(N4CCn5c(cc6c5CC(C)(C)C6)C4=O)c3CO)cn(C)c2=O)nn1. The number of aryl methyl sites for hydroxylation is 1. The van der Waals surface area contributed by atoms with E-state index in [4.69, 9.17) is 4.74 Å². The van der Waals surface area contributed by atoms with E-state index in [1.54, 1.807) is 48.6 Å². The summed E-state index contributed by atoms with van der Waals surface area (Å²) < 4.78 is 8.66. The van der Waals surface area contributed by atoms with Crippen molar-refractivity contribution in [2.75, 3.05) is 23.9 Å². The molecule has 1 aliphatic carbocycles. The van der Waals surface area contributed by atoms with Crippen molar-refractivity contribution < 1.29 is 14.6 Å². The molecule has 4 aromatic rings. The van der Waals surface area contributed by atoms with Crippen LogP contribution in [-0.4, -0.2) is 49.0 Å². The molecular weight excluding hydrogens is 510 g/mol. The van der Waals surface area contributed by atoms with Crippen LogP contribution in [0.4, 0.5) is 17.3 Å². The molecule has 40 heavy (non-hydrogen) atoms. The van der Waals surface area contributed by atoms with Crippen molar-refractivity contribution in [3.8, 4) is 17.0 Å². The number of rotatable bonds is 6. The van der Waals surface area contributed by atoms with Gasteiger partial charge >= 0.3 is 0 Å². The van der Waals surface area contributed by atoms with Gasteiger partial charge in [-0.1, -0.05) is 13.8 Å². The van der Waals surface area contributed by atoms with E-state index in [9.17, 15) is 14.7 Å². The molecule has 5 heterocycles. The lowest BCUT2D eigenvalue weighted by atomic mass is 9.90. The zero-order valence-corrected chi connectivity index (χ0v) is 22.9. The summed E-state index contributed by atoms with van der Waals surface area (Å²) in [6.07, 6.45) is 5.23. The molecule has 4 aromatic heterocycles. The first-order valence-corrected chi connectivity index (χ1v) is 13.2. The molecule has 0 aromatic carbocycles. The second kappa shape index (κ2) is 9.60. The molecule has 0 unspecified atom stereocenters. The fraction of sp³-hybridized carbons (Fsp3) is 0.345. The van der Waals surface area contributed by atoms with Gasteiger partial charge < -0.3 is 24.3 Å². The third kappa shape index (κ3) is 4.32. The Morgan fingerprint density at radius 1 is 1.10 bits per heavy atom. The number of carbonyl (C=O) groups is 1. The number of hydrogen-bond donors (Lipinski definition) is 2. The number of aromatic nitrogens is 5. The number of nitrogens with zero attached hydrogens (tertiary/aromatic N) is 6. The first-order valence-electron chi connectivity index (χ1n) is 13.2. The van der Waals surface area contributed by atoms with Crippen molar-refractivity contribution in [3.63, 3.8) is 0 Å². The summed E-state index contributed by atoms with van der Waals surface area (Å²) in [7, 11) is 3.15. The third-order valence-electron chi connectivity index (χ3n) is 7.68. The number of aliphatic hydroxyl groups excluding tert-OH is 1. The number of pyridine rings is 2. The minimum atomic E-state index is -0.330. The maximum absolute atomic E-state index is 13.7. The first kappa shape index (κ1) is 25.8. The molecule has 0 bridgehead atoms. The van der Waals surface area contributed by atoms with Crippen LogP contribution in [0.15, 0.2) is 47.5 Å². The monoisotopic (exact) mass is 541 g/mol. The van der Waals surface area contributed by atoms with Crippen molar-refractivity contribution in [1.82, 2.24) is 24.3 Å². The Morgan fingerprint density at radius 3 is 2.65 bits per heavy atom. The van der Waals surface area contributed by atoms with Crippen LogP contribution < -0.4 is 20.5 Å². The lowest BCUT2D eigenvalue weighted by Gasteiger charge is -2.31. The van der Waals surface area contributed by atoms with Crippen LogP contribution in [0.25, 0.3) is 11.1 Å². The molecule has 11 heteroatoms. The Kier molecular flexibility index (Phi) is 6.18. The van der Waals surface area contributed by atoms with E-state index < -0.39 is 0 Å². The van der Waals surface area contributed by atoms with Crippen LogP contribution in [0.5, 0.6) is 5.88 Å². The average Bonchev–Trinajstić information content (AvgIpc) is 3.43. The Bertz CT molecular complexity index is 1690. The minimum absolute atomic E-state index is 0.126. The normalized spacial score (nSPS) is 15.6. The number of ether oxygens (including phenoxy) is 1. The summed E-state index contributed by atoms with van der Waals surface area (Å²) in [5, 5.41) is 21.5. The standard InChI is InChI=1S/C29H31N7O4/c1-29(2)13-17-12-22-28(39)36(10-9-35(22)23(17)14-29)26-20(16-37)19(7-8-30-26)18-11-21(27(38)34(3)15-18)31-24-5-6-25(40-4)33-32-24/h5-8,11-12,15,37H,9-10,13-14,16H2,1-4H3,(H,31,32). The molecule has 1 aliphatic heterocycles.